The van der Waals surface area contributed by atoms with Gasteiger partial charge in [-0.1, -0.05) is 5.16 Å². The van der Waals surface area contributed by atoms with Gasteiger partial charge in [0.15, 0.2) is 5.76 Å². The molecule has 0 saturated heterocycles. The molecule has 0 aliphatic heterocycles. The molecule has 0 aliphatic carbocycles. The van der Waals surface area contributed by atoms with Crippen LogP contribution in [-0.2, 0) is 19.6 Å². The molecule has 0 unspecified atom stereocenters. The van der Waals surface area contributed by atoms with Crippen molar-refractivity contribution in [1.82, 2.24) is 9.88 Å². The number of carbonyl (C=O) groups excluding carboxylic acids is 2. The fourth-order valence-electron chi connectivity index (χ4n) is 2.34. The van der Waals surface area contributed by atoms with Crippen LogP contribution in [0.5, 0.6) is 0 Å². The monoisotopic (exact) mass is 398 g/mol. The van der Waals surface area contributed by atoms with Gasteiger partial charge in [0.05, 0.1) is 11.7 Å². The summed E-state index contributed by atoms with van der Waals surface area (Å²) in [7, 11) is -4.03. The Morgan fingerprint density at radius 3 is 2.44 bits per heavy atom. The van der Waals surface area contributed by atoms with Gasteiger partial charge in [-0.05, 0) is 39.0 Å². The van der Waals surface area contributed by atoms with E-state index in [-0.39, 0.29) is 27.7 Å². The van der Waals surface area contributed by atoms with E-state index in [2.05, 4.69) is 20.5 Å². The molecule has 1 aromatic carbocycles. The number of rotatable bonds is 6. The lowest BCUT2D eigenvalue weighted by molar-refractivity contribution is -0.117. The van der Waals surface area contributed by atoms with Crippen LogP contribution in [0.1, 0.15) is 25.3 Å². The van der Waals surface area contributed by atoms with E-state index in [0.29, 0.717) is 0 Å². The molecule has 0 spiro atoms. The Morgan fingerprint density at radius 2 is 1.89 bits per heavy atom. The number of carbonyl (C=O) groups is 2. The molecule has 2 rings (SSSR count). The summed E-state index contributed by atoms with van der Waals surface area (Å²) in [6.07, 6.45) is 0. The van der Waals surface area contributed by atoms with Crippen LogP contribution in [0, 0.1) is 19.7 Å². The van der Waals surface area contributed by atoms with Crippen LogP contribution in [0.4, 0.5) is 15.8 Å². The van der Waals surface area contributed by atoms with Crippen molar-refractivity contribution in [3.05, 3.63) is 35.5 Å². The first-order valence-corrected chi connectivity index (χ1v) is 9.33. The number of benzene rings is 1. The Morgan fingerprint density at radius 1 is 1.22 bits per heavy atom. The first-order chi connectivity index (χ1) is 12.5. The summed E-state index contributed by atoms with van der Waals surface area (Å²) in [6, 6.07) is 2.44. The first kappa shape index (κ1) is 20.5. The third kappa shape index (κ3) is 4.89. The van der Waals surface area contributed by atoms with Crippen molar-refractivity contribution in [3.63, 3.8) is 0 Å². The number of sulfonamides is 1. The smallest absolute Gasteiger partial charge is 0.246 e. The Kier molecular flexibility index (Phi) is 5.96. The molecule has 1 aromatic heterocycles. The summed E-state index contributed by atoms with van der Waals surface area (Å²) in [5.41, 5.74) is 0.254. The average Bonchev–Trinajstić information content (AvgIpc) is 2.89. The number of nitrogens with zero attached hydrogens (tertiary/aromatic N) is 1. The molecule has 1 heterocycles. The summed E-state index contributed by atoms with van der Waals surface area (Å²) >= 11 is 0. The van der Waals surface area contributed by atoms with Crippen LogP contribution in [0.3, 0.4) is 0 Å². The normalized spacial score (nSPS) is 12.5. The van der Waals surface area contributed by atoms with E-state index in [1.165, 1.54) is 39.8 Å². The molecule has 3 N–H and O–H groups in total. The Balaban J connectivity index is 2.13. The minimum Gasteiger partial charge on any atom is -0.360 e. The predicted molar refractivity (Wildman–Crippen MR) is 95.1 cm³/mol. The van der Waals surface area contributed by atoms with Crippen molar-refractivity contribution >= 4 is 33.2 Å². The highest BCUT2D eigenvalue weighted by Gasteiger charge is 2.28. The van der Waals surface area contributed by atoms with E-state index < -0.39 is 33.7 Å². The lowest BCUT2D eigenvalue weighted by Crippen LogP contribution is -2.41. The molecule has 2 aromatic rings. The van der Waals surface area contributed by atoms with Gasteiger partial charge in [0.2, 0.25) is 21.8 Å². The summed E-state index contributed by atoms with van der Waals surface area (Å²) in [4.78, 5) is 23.2. The second-order valence-electron chi connectivity index (χ2n) is 5.86. The number of amides is 2. The molecule has 0 bridgehead atoms. The van der Waals surface area contributed by atoms with Gasteiger partial charge in [-0.3, -0.25) is 9.59 Å². The Hall–Kier alpha value is -2.79. The summed E-state index contributed by atoms with van der Waals surface area (Å²) in [5.74, 6) is -1.72. The highest BCUT2D eigenvalue weighted by Crippen LogP contribution is 2.21. The fraction of sp³-hybridized carbons (Fsp3) is 0.312. The highest BCUT2D eigenvalue weighted by atomic mass is 32.2. The van der Waals surface area contributed by atoms with Crippen molar-refractivity contribution in [2.45, 2.75) is 38.6 Å². The van der Waals surface area contributed by atoms with Gasteiger partial charge in [-0.15, -0.1) is 0 Å². The number of aryl methyl sites for hydroxylation is 2. The number of hydrogen-bond donors (Lipinski definition) is 3. The quantitative estimate of drug-likeness (QED) is 0.679. The number of nitrogens with one attached hydrogen (secondary N) is 3. The van der Waals surface area contributed by atoms with Gasteiger partial charge in [0.1, 0.15) is 16.4 Å². The van der Waals surface area contributed by atoms with Crippen LogP contribution in [0.25, 0.3) is 0 Å². The minimum atomic E-state index is -4.03. The van der Waals surface area contributed by atoms with Crippen LogP contribution in [0.2, 0.25) is 0 Å². The molecule has 146 valence electrons. The number of aromatic nitrogens is 1. The lowest BCUT2D eigenvalue weighted by atomic mass is 10.2. The summed E-state index contributed by atoms with van der Waals surface area (Å²) in [6.45, 7) is 5.48. The molecule has 1 atom stereocenters. The maximum absolute atomic E-state index is 13.6. The number of anilines is 2. The Labute approximate surface area is 155 Å². The molecule has 0 aliphatic rings. The molecule has 0 radical (unpaired) electrons. The maximum atomic E-state index is 13.6. The van der Waals surface area contributed by atoms with Crippen LogP contribution < -0.4 is 15.4 Å². The van der Waals surface area contributed by atoms with Crippen LogP contribution >= 0.6 is 0 Å². The molecule has 0 saturated carbocycles. The molecule has 9 nitrogen and oxygen atoms in total. The number of hydrogen-bond acceptors (Lipinski definition) is 6. The third-order valence-corrected chi connectivity index (χ3v) is 5.29. The second kappa shape index (κ2) is 7.84. The van der Waals surface area contributed by atoms with E-state index in [0.717, 1.165) is 6.07 Å². The Bertz CT molecular complexity index is 967. The lowest BCUT2D eigenvalue weighted by Gasteiger charge is -2.15. The number of halogens is 1. The van der Waals surface area contributed by atoms with E-state index in [1.54, 1.807) is 0 Å². The second-order valence-corrected chi connectivity index (χ2v) is 7.51. The maximum Gasteiger partial charge on any atom is 0.246 e. The zero-order valence-corrected chi connectivity index (χ0v) is 15.9. The van der Waals surface area contributed by atoms with Gasteiger partial charge in [0.25, 0.3) is 0 Å². The first-order valence-electron chi connectivity index (χ1n) is 7.84. The average molecular weight is 398 g/mol. The molecule has 0 fully saturated rings. The van der Waals surface area contributed by atoms with Gasteiger partial charge in [-0.2, -0.15) is 4.72 Å². The predicted octanol–water partition coefficient (Wildman–Crippen LogP) is 1.69. The summed E-state index contributed by atoms with van der Waals surface area (Å²) in [5, 5.41) is 8.33. The molecular formula is C16H19FN4O5S. The van der Waals surface area contributed by atoms with E-state index >= 15 is 0 Å². The van der Waals surface area contributed by atoms with Crippen molar-refractivity contribution in [2.24, 2.45) is 0 Å². The zero-order valence-electron chi connectivity index (χ0n) is 15.1. The van der Waals surface area contributed by atoms with Gasteiger partial charge in [0, 0.05) is 12.6 Å². The van der Waals surface area contributed by atoms with Crippen molar-refractivity contribution in [3.8, 4) is 0 Å². The SMILES string of the molecule is CC(=O)Nc1cc(NC(=O)[C@H](C)NS(=O)(=O)c2c(C)noc2C)ccc1F. The van der Waals surface area contributed by atoms with Crippen LogP contribution in [-0.4, -0.2) is 31.4 Å². The highest BCUT2D eigenvalue weighted by molar-refractivity contribution is 7.89. The van der Waals surface area contributed by atoms with E-state index in [4.69, 9.17) is 4.52 Å². The van der Waals surface area contributed by atoms with Gasteiger partial charge >= 0.3 is 0 Å². The van der Waals surface area contributed by atoms with E-state index in [1.807, 2.05) is 0 Å². The standard InChI is InChI=1S/C16H19FN4O5S/c1-8-15(10(3)26-20-8)27(24,25)21-9(2)16(23)19-12-5-6-13(17)14(7-12)18-11(4)22/h5-7,9,21H,1-4H3,(H,18,22)(H,19,23)/t9-/m0/s1. The zero-order chi connectivity index (χ0) is 20.4. The molecule has 27 heavy (non-hydrogen) atoms. The molecular weight excluding hydrogens is 379 g/mol. The van der Waals surface area contributed by atoms with Gasteiger partial charge < -0.3 is 15.2 Å². The fourth-order valence-corrected chi connectivity index (χ4v) is 3.87. The molecule has 2 amide bonds. The van der Waals surface area contributed by atoms with Crippen molar-refractivity contribution in [1.29, 1.82) is 0 Å². The van der Waals surface area contributed by atoms with Crippen LogP contribution in [0.15, 0.2) is 27.6 Å². The van der Waals surface area contributed by atoms with Gasteiger partial charge in [-0.25, -0.2) is 12.8 Å². The van der Waals surface area contributed by atoms with Crippen molar-refractivity contribution in [2.75, 3.05) is 10.6 Å². The minimum absolute atomic E-state index is 0.103. The topological polar surface area (TPSA) is 130 Å². The van der Waals surface area contributed by atoms with E-state index in [9.17, 15) is 22.4 Å². The molecule has 11 heteroatoms. The third-order valence-electron chi connectivity index (χ3n) is 3.51. The largest absolute Gasteiger partial charge is 0.360 e. The van der Waals surface area contributed by atoms with Crippen molar-refractivity contribution < 1.29 is 26.9 Å². The summed E-state index contributed by atoms with van der Waals surface area (Å²) < 4.78 is 45.6.